The van der Waals surface area contributed by atoms with Gasteiger partial charge in [-0.1, -0.05) is 30.3 Å². The maximum absolute atomic E-state index is 10.8. The molecule has 0 bridgehead atoms. The van der Waals surface area contributed by atoms with Crippen molar-refractivity contribution in [2.24, 2.45) is 5.90 Å². The van der Waals surface area contributed by atoms with E-state index >= 15 is 0 Å². The minimum Gasteiger partial charge on any atom is -0.759 e. The summed E-state index contributed by atoms with van der Waals surface area (Å²) in [5.41, 5.74) is 7.63. The van der Waals surface area contributed by atoms with Crippen LogP contribution in [0.5, 0.6) is 0 Å². The fourth-order valence-electron chi connectivity index (χ4n) is 3.66. The van der Waals surface area contributed by atoms with Crippen LogP contribution in [0, 0.1) is 0 Å². The number of anilines is 1. The van der Waals surface area contributed by atoms with Gasteiger partial charge in [-0.2, -0.15) is 0 Å². The molecular formula is C19H25N7O8S-2. The summed E-state index contributed by atoms with van der Waals surface area (Å²) in [6, 6.07) is 9.43. The first-order valence-corrected chi connectivity index (χ1v) is 11.6. The molecule has 0 spiro atoms. The second kappa shape index (κ2) is 11.3. The van der Waals surface area contributed by atoms with Crippen molar-refractivity contribution in [2.45, 2.75) is 24.5 Å². The Morgan fingerprint density at radius 1 is 1.20 bits per heavy atom. The number of rotatable bonds is 7. The average molecular weight is 512 g/mol. The van der Waals surface area contributed by atoms with Gasteiger partial charge in [0.15, 0.2) is 23.2 Å². The van der Waals surface area contributed by atoms with Crippen LogP contribution in [0.2, 0.25) is 0 Å². The summed E-state index contributed by atoms with van der Waals surface area (Å²) in [6.07, 6.45) is -2.49. The van der Waals surface area contributed by atoms with Gasteiger partial charge in [-0.15, -0.1) is 0 Å². The molecule has 192 valence electrons. The highest BCUT2D eigenvalue weighted by molar-refractivity contribution is 7.79. The number of benzene rings is 1. The van der Waals surface area contributed by atoms with E-state index < -0.39 is 34.9 Å². The Morgan fingerprint density at radius 3 is 2.49 bits per heavy atom. The lowest BCUT2D eigenvalue weighted by molar-refractivity contribution is -0.0428. The van der Waals surface area contributed by atoms with Crippen molar-refractivity contribution >= 4 is 27.4 Å². The quantitative estimate of drug-likeness (QED) is 0.155. The summed E-state index contributed by atoms with van der Waals surface area (Å²) in [5, 5.41) is 21.5. The number of imidazole rings is 1. The van der Waals surface area contributed by atoms with Crippen LogP contribution in [0.25, 0.3) is 22.6 Å². The van der Waals surface area contributed by atoms with Gasteiger partial charge in [-0.25, -0.2) is 20.8 Å². The van der Waals surface area contributed by atoms with Gasteiger partial charge < -0.3 is 39.5 Å². The number of aliphatic hydroxyl groups excluding tert-OH is 2. The Morgan fingerprint density at radius 2 is 1.86 bits per heavy atom. The smallest absolute Gasteiger partial charge is 0.168 e. The van der Waals surface area contributed by atoms with Crippen molar-refractivity contribution in [2.75, 3.05) is 32.5 Å². The predicted molar refractivity (Wildman–Crippen MR) is 119 cm³/mol. The third-order valence-corrected chi connectivity index (χ3v) is 5.21. The molecule has 15 nitrogen and oxygen atoms in total. The van der Waals surface area contributed by atoms with Gasteiger partial charge in [0.05, 0.1) is 6.61 Å². The molecule has 6 N–H and O–H groups in total. The first-order valence-electron chi connectivity index (χ1n) is 10.2. The zero-order valence-electron chi connectivity index (χ0n) is 18.5. The Labute approximate surface area is 200 Å². The zero-order chi connectivity index (χ0) is 25.8. The normalized spacial score (nSPS) is 22.4. The van der Waals surface area contributed by atoms with Crippen LogP contribution in [-0.2, 0) is 20.0 Å². The molecule has 1 fully saturated rings. The number of aliphatic hydroxyl groups is 2. The third kappa shape index (κ3) is 6.66. The van der Waals surface area contributed by atoms with Gasteiger partial charge in [0.2, 0.25) is 0 Å². The van der Waals surface area contributed by atoms with Crippen molar-refractivity contribution in [3.8, 4) is 11.4 Å². The number of hydrogen-bond acceptors (Lipinski definition) is 14. The highest BCUT2D eigenvalue weighted by atomic mass is 32.3. The molecule has 3 heterocycles. The van der Waals surface area contributed by atoms with E-state index in [9.17, 15) is 10.2 Å². The largest absolute Gasteiger partial charge is 0.759 e. The predicted octanol–water partition coefficient (Wildman–Crippen LogP) is -1.82. The van der Waals surface area contributed by atoms with E-state index in [2.05, 4.69) is 19.8 Å². The third-order valence-electron chi connectivity index (χ3n) is 5.21. The summed E-state index contributed by atoms with van der Waals surface area (Å²) >= 11 is 0. The molecule has 1 saturated heterocycles. The molecule has 0 radical (unpaired) electrons. The second-order valence-corrected chi connectivity index (χ2v) is 8.51. The summed E-state index contributed by atoms with van der Waals surface area (Å²) in [6.45, 7) is 1.27. The van der Waals surface area contributed by atoms with Crippen LogP contribution in [0.1, 0.15) is 6.23 Å². The number of nitrogens with two attached hydrogens (primary N) is 2. The molecule has 1 aromatic carbocycles. The van der Waals surface area contributed by atoms with Crippen LogP contribution >= 0.6 is 0 Å². The van der Waals surface area contributed by atoms with Crippen molar-refractivity contribution in [1.82, 2.24) is 24.4 Å². The SMILES string of the molecule is CN(CCON)C[C@H]1O[C@@H](n2c(-c3ccccc3)nc3c(N)ncnc32)[C@H](O)[C@@H]1O.O=S(=O)([O-])[O-]. The fraction of sp³-hybridized carbons (Fsp3) is 0.421. The van der Waals surface area contributed by atoms with Crippen LogP contribution in [0.3, 0.4) is 0 Å². The molecule has 4 atom stereocenters. The van der Waals surface area contributed by atoms with Crippen molar-refractivity contribution in [3.63, 3.8) is 0 Å². The molecule has 0 aliphatic carbocycles. The molecule has 1 aliphatic heterocycles. The fourth-order valence-corrected chi connectivity index (χ4v) is 3.66. The lowest BCUT2D eigenvalue weighted by atomic mass is 10.1. The van der Waals surface area contributed by atoms with Crippen molar-refractivity contribution in [3.05, 3.63) is 36.7 Å². The minimum absolute atomic E-state index is 0.224. The lowest BCUT2D eigenvalue weighted by Gasteiger charge is -2.22. The number of likely N-dealkylation sites (N-methyl/N-ethyl adjacent to an activating group) is 1. The summed E-state index contributed by atoms with van der Waals surface area (Å²) in [4.78, 5) is 19.4. The van der Waals surface area contributed by atoms with E-state index in [1.807, 2.05) is 42.3 Å². The van der Waals surface area contributed by atoms with E-state index in [-0.39, 0.29) is 5.82 Å². The minimum atomic E-state index is -5.17. The van der Waals surface area contributed by atoms with E-state index in [1.54, 1.807) is 4.57 Å². The topological polar surface area (TPSA) is 238 Å². The Kier molecular flexibility index (Phi) is 8.65. The number of nitrogen functional groups attached to an aromatic ring is 1. The van der Waals surface area contributed by atoms with Gasteiger partial charge in [-0.05, 0) is 7.05 Å². The second-order valence-electron chi connectivity index (χ2n) is 7.69. The van der Waals surface area contributed by atoms with Gasteiger partial charge in [0, 0.05) is 29.1 Å². The standard InChI is InChI=1S/C19H25N7O4.H2O4S/c1-25(7-8-29-21)9-12-14(27)15(28)19(30-12)26-17(11-5-3-2-4-6-11)24-13-16(20)22-10-23-18(13)26;1-5(2,3)4/h2-6,10,12,14-15,19,27-28H,7-9,21H2,1H3,(H2,20,22,23);(H2,1,2,3,4)/p-2/t12-,14-,15-,19-;/m1./s1. The van der Waals surface area contributed by atoms with Crippen LogP contribution < -0.4 is 11.6 Å². The molecule has 1 aliphatic rings. The molecule has 3 aromatic rings. The molecule has 0 unspecified atom stereocenters. The molecular weight excluding hydrogens is 486 g/mol. The molecule has 4 rings (SSSR count). The highest BCUT2D eigenvalue weighted by Crippen LogP contribution is 2.36. The number of nitrogens with zero attached hydrogens (tertiary/aromatic N) is 5. The Bertz CT molecular complexity index is 1220. The molecule has 16 heteroatoms. The maximum atomic E-state index is 10.8. The average Bonchev–Trinajstić information content (AvgIpc) is 3.31. The van der Waals surface area contributed by atoms with Gasteiger partial charge in [0.1, 0.15) is 30.5 Å². The Balaban J connectivity index is 0.000000623. The molecule has 0 amide bonds. The van der Waals surface area contributed by atoms with Gasteiger partial charge in [0.25, 0.3) is 0 Å². The van der Waals surface area contributed by atoms with Crippen LogP contribution in [0.4, 0.5) is 5.82 Å². The van der Waals surface area contributed by atoms with Gasteiger partial charge in [-0.3, -0.25) is 13.0 Å². The lowest BCUT2D eigenvalue weighted by Crippen LogP contribution is -2.39. The highest BCUT2D eigenvalue weighted by Gasteiger charge is 2.45. The number of aromatic nitrogens is 4. The first-order chi connectivity index (χ1) is 16.5. The molecule has 0 saturated carbocycles. The van der Waals surface area contributed by atoms with E-state index in [1.165, 1.54) is 6.33 Å². The van der Waals surface area contributed by atoms with Crippen LogP contribution in [0.15, 0.2) is 36.7 Å². The van der Waals surface area contributed by atoms with E-state index in [0.717, 1.165) is 5.56 Å². The Hall–Kier alpha value is -2.80. The van der Waals surface area contributed by atoms with Crippen molar-refractivity contribution < 1.29 is 37.3 Å². The zero-order valence-corrected chi connectivity index (χ0v) is 19.4. The van der Waals surface area contributed by atoms with Gasteiger partial charge >= 0.3 is 0 Å². The number of ether oxygens (including phenoxy) is 1. The first kappa shape index (κ1) is 26.8. The summed E-state index contributed by atoms with van der Waals surface area (Å²) in [5.74, 6) is 5.82. The number of fused-ring (bicyclic) bond motifs is 1. The van der Waals surface area contributed by atoms with E-state index in [4.69, 9.17) is 33.9 Å². The maximum Gasteiger partial charge on any atom is 0.168 e. The molecule has 2 aromatic heterocycles. The monoisotopic (exact) mass is 511 g/mol. The van der Waals surface area contributed by atoms with Crippen LogP contribution in [-0.4, -0.2) is 97.2 Å². The summed E-state index contributed by atoms with van der Waals surface area (Å²) in [7, 11) is -3.31. The molecule has 35 heavy (non-hydrogen) atoms. The number of hydrogen-bond donors (Lipinski definition) is 4. The van der Waals surface area contributed by atoms with E-state index in [0.29, 0.717) is 36.7 Å². The van der Waals surface area contributed by atoms with Crippen molar-refractivity contribution in [1.29, 1.82) is 0 Å². The summed E-state index contributed by atoms with van der Waals surface area (Å²) < 4.78 is 41.8.